The van der Waals surface area contributed by atoms with Crippen LogP contribution in [-0.2, 0) is 4.79 Å². The number of rotatable bonds is 1. The molecule has 1 aliphatic carbocycles. The minimum Gasteiger partial charge on any atom is -0.280 e. The van der Waals surface area contributed by atoms with Crippen LogP contribution in [0, 0.1) is 5.41 Å². The molecule has 0 aromatic carbocycles. The van der Waals surface area contributed by atoms with Crippen LogP contribution < -0.4 is 0 Å². The van der Waals surface area contributed by atoms with Gasteiger partial charge in [0.1, 0.15) is 0 Å². The van der Waals surface area contributed by atoms with Crippen molar-refractivity contribution in [3.05, 3.63) is 23.8 Å². The van der Waals surface area contributed by atoms with Gasteiger partial charge in [-0.3, -0.25) is 4.79 Å². The van der Waals surface area contributed by atoms with Gasteiger partial charge < -0.3 is 0 Å². The molecule has 1 atom stereocenters. The topological polar surface area (TPSA) is 17.1 Å². The smallest absolute Gasteiger partial charge is 0.235 e. The highest BCUT2D eigenvalue weighted by Gasteiger charge is 2.31. The molecule has 0 amide bonds. The lowest BCUT2D eigenvalue weighted by atomic mass is 9.80. The van der Waals surface area contributed by atoms with Crippen molar-refractivity contribution < 1.29 is 4.79 Å². The molecular formula is C9H11ClO. The van der Waals surface area contributed by atoms with E-state index in [9.17, 15) is 4.79 Å². The van der Waals surface area contributed by atoms with Gasteiger partial charge >= 0.3 is 0 Å². The van der Waals surface area contributed by atoms with Crippen molar-refractivity contribution in [2.45, 2.75) is 20.3 Å². The summed E-state index contributed by atoms with van der Waals surface area (Å²) >= 11 is 5.46. The predicted molar refractivity (Wildman–Crippen MR) is 46.5 cm³/mol. The highest BCUT2D eigenvalue weighted by atomic mass is 35.5. The van der Waals surface area contributed by atoms with E-state index in [0.717, 1.165) is 12.0 Å². The number of hydrogen-bond acceptors (Lipinski definition) is 1. The van der Waals surface area contributed by atoms with E-state index in [1.165, 1.54) is 0 Å². The van der Waals surface area contributed by atoms with E-state index in [1.807, 2.05) is 32.1 Å². The molecule has 0 aromatic rings. The molecule has 0 spiro atoms. The quantitative estimate of drug-likeness (QED) is 0.437. The summed E-state index contributed by atoms with van der Waals surface area (Å²) in [6, 6.07) is 0. The van der Waals surface area contributed by atoms with Crippen molar-refractivity contribution in [3.8, 4) is 0 Å². The Balaban J connectivity index is 3.00. The van der Waals surface area contributed by atoms with Crippen LogP contribution in [0.2, 0.25) is 0 Å². The van der Waals surface area contributed by atoms with Crippen LogP contribution in [0.4, 0.5) is 0 Å². The second-order valence-corrected chi connectivity index (χ2v) is 3.34. The minimum atomic E-state index is -0.556. The molecule has 0 saturated heterocycles. The number of halogens is 1. The van der Waals surface area contributed by atoms with E-state index < -0.39 is 5.41 Å². The Kier molecular flexibility index (Phi) is 2.19. The van der Waals surface area contributed by atoms with Crippen molar-refractivity contribution >= 4 is 16.8 Å². The molecule has 0 bridgehead atoms. The molecular weight excluding hydrogens is 160 g/mol. The lowest BCUT2D eigenvalue weighted by Gasteiger charge is -2.24. The van der Waals surface area contributed by atoms with Crippen LogP contribution in [0.15, 0.2) is 23.8 Å². The SMILES string of the molecule is CC1=CCC=C[C@]1(C)C(=O)Cl. The van der Waals surface area contributed by atoms with E-state index in [0.29, 0.717) is 0 Å². The first-order valence-corrected chi connectivity index (χ1v) is 4.00. The summed E-state index contributed by atoms with van der Waals surface area (Å²) in [5, 5.41) is -0.304. The largest absolute Gasteiger partial charge is 0.280 e. The van der Waals surface area contributed by atoms with E-state index in [-0.39, 0.29) is 5.24 Å². The van der Waals surface area contributed by atoms with E-state index in [2.05, 4.69) is 0 Å². The third kappa shape index (κ3) is 1.38. The summed E-state index contributed by atoms with van der Waals surface area (Å²) in [6.45, 7) is 3.77. The fourth-order valence-corrected chi connectivity index (χ4v) is 1.32. The van der Waals surface area contributed by atoms with Crippen LogP contribution in [0.25, 0.3) is 0 Å². The fraction of sp³-hybridized carbons (Fsp3) is 0.444. The van der Waals surface area contributed by atoms with Crippen LogP contribution in [-0.4, -0.2) is 5.24 Å². The zero-order valence-electron chi connectivity index (χ0n) is 6.73. The van der Waals surface area contributed by atoms with E-state index in [4.69, 9.17) is 11.6 Å². The lowest BCUT2D eigenvalue weighted by molar-refractivity contribution is -0.116. The molecule has 0 aliphatic heterocycles. The van der Waals surface area contributed by atoms with Crippen LogP contribution >= 0.6 is 11.6 Å². The number of carbonyl (C=O) groups is 1. The van der Waals surface area contributed by atoms with Gasteiger partial charge in [-0.15, -0.1) is 0 Å². The summed E-state index contributed by atoms with van der Waals surface area (Å²) in [4.78, 5) is 11.0. The molecule has 0 N–H and O–H groups in total. The molecule has 1 rings (SSSR count). The highest BCUT2D eigenvalue weighted by molar-refractivity contribution is 6.65. The first-order chi connectivity index (χ1) is 5.07. The summed E-state index contributed by atoms with van der Waals surface area (Å²) in [5.74, 6) is 0. The number of allylic oxidation sites excluding steroid dienone is 4. The van der Waals surface area contributed by atoms with Crippen LogP contribution in [0.5, 0.6) is 0 Å². The van der Waals surface area contributed by atoms with Gasteiger partial charge in [-0.05, 0) is 31.9 Å². The van der Waals surface area contributed by atoms with Gasteiger partial charge in [0.15, 0.2) is 0 Å². The molecule has 1 aliphatic rings. The Hall–Kier alpha value is -0.560. The van der Waals surface area contributed by atoms with E-state index in [1.54, 1.807) is 0 Å². The predicted octanol–water partition coefficient (Wildman–Crippen LogP) is 2.66. The molecule has 0 unspecified atom stereocenters. The molecule has 11 heavy (non-hydrogen) atoms. The molecule has 0 saturated carbocycles. The van der Waals surface area contributed by atoms with Gasteiger partial charge in [0, 0.05) is 0 Å². The Bertz CT molecular complexity index is 240. The Labute approximate surface area is 71.7 Å². The molecule has 2 heteroatoms. The third-order valence-corrected chi connectivity index (χ3v) is 2.63. The second-order valence-electron chi connectivity index (χ2n) is 3.00. The minimum absolute atomic E-state index is 0.304. The Morgan fingerprint density at radius 1 is 1.73 bits per heavy atom. The van der Waals surface area contributed by atoms with Crippen molar-refractivity contribution in [3.63, 3.8) is 0 Å². The van der Waals surface area contributed by atoms with Gasteiger partial charge in [0.2, 0.25) is 5.24 Å². The molecule has 0 radical (unpaired) electrons. The number of carbonyl (C=O) groups excluding carboxylic acids is 1. The normalized spacial score (nSPS) is 29.9. The van der Waals surface area contributed by atoms with Crippen molar-refractivity contribution in [1.29, 1.82) is 0 Å². The maximum atomic E-state index is 11.0. The van der Waals surface area contributed by atoms with Gasteiger partial charge in [-0.2, -0.15) is 0 Å². The van der Waals surface area contributed by atoms with E-state index >= 15 is 0 Å². The zero-order chi connectivity index (χ0) is 8.48. The molecule has 0 fully saturated rings. The molecule has 1 nitrogen and oxygen atoms in total. The first kappa shape index (κ1) is 8.54. The monoisotopic (exact) mass is 170 g/mol. The average molecular weight is 171 g/mol. The van der Waals surface area contributed by atoms with Crippen LogP contribution in [0.1, 0.15) is 20.3 Å². The third-order valence-electron chi connectivity index (χ3n) is 2.24. The molecule has 0 heterocycles. The van der Waals surface area contributed by atoms with Gasteiger partial charge in [0.05, 0.1) is 5.41 Å². The summed E-state index contributed by atoms with van der Waals surface area (Å²) < 4.78 is 0. The highest BCUT2D eigenvalue weighted by Crippen LogP contribution is 2.34. The maximum absolute atomic E-state index is 11.0. The van der Waals surface area contributed by atoms with Crippen molar-refractivity contribution in [1.82, 2.24) is 0 Å². The van der Waals surface area contributed by atoms with Gasteiger partial charge in [-0.1, -0.05) is 23.8 Å². The standard InChI is InChI=1S/C9H11ClO/c1-7-5-3-4-6-9(7,2)8(10)11/h4-6H,3H2,1-2H3/t9-/m0/s1. The van der Waals surface area contributed by atoms with Gasteiger partial charge in [-0.25, -0.2) is 0 Å². The Morgan fingerprint density at radius 2 is 2.36 bits per heavy atom. The molecule has 0 aromatic heterocycles. The number of hydrogen-bond donors (Lipinski definition) is 0. The summed E-state index contributed by atoms with van der Waals surface area (Å²) in [6.07, 6.45) is 6.77. The Morgan fingerprint density at radius 3 is 2.73 bits per heavy atom. The fourth-order valence-electron chi connectivity index (χ4n) is 1.11. The summed E-state index contributed by atoms with van der Waals surface area (Å²) in [7, 11) is 0. The second kappa shape index (κ2) is 2.82. The van der Waals surface area contributed by atoms with Crippen LogP contribution in [0.3, 0.4) is 0 Å². The van der Waals surface area contributed by atoms with Crippen molar-refractivity contribution in [2.24, 2.45) is 5.41 Å². The van der Waals surface area contributed by atoms with Gasteiger partial charge in [0.25, 0.3) is 0 Å². The first-order valence-electron chi connectivity index (χ1n) is 3.62. The van der Waals surface area contributed by atoms with Crippen molar-refractivity contribution in [2.75, 3.05) is 0 Å². The summed E-state index contributed by atoms with van der Waals surface area (Å²) in [5.41, 5.74) is 0.486. The maximum Gasteiger partial charge on any atom is 0.235 e. The lowest BCUT2D eigenvalue weighted by Crippen LogP contribution is -2.23. The average Bonchev–Trinajstić information content (AvgIpc) is 1.95. The molecule has 60 valence electrons. The zero-order valence-corrected chi connectivity index (χ0v) is 7.48.